The van der Waals surface area contributed by atoms with Crippen molar-refractivity contribution in [3.8, 4) is 17.0 Å². The Kier molecular flexibility index (Phi) is 5.68. The number of benzene rings is 2. The Hall–Kier alpha value is -2.66. The first-order valence-corrected chi connectivity index (χ1v) is 9.34. The zero-order valence-corrected chi connectivity index (χ0v) is 16.0. The van der Waals surface area contributed by atoms with E-state index in [1.807, 2.05) is 56.3 Å². The highest BCUT2D eigenvalue weighted by Crippen LogP contribution is 2.28. The van der Waals surface area contributed by atoms with Crippen molar-refractivity contribution in [3.63, 3.8) is 0 Å². The molecule has 2 aromatic carbocycles. The molecule has 1 N–H and O–H groups in total. The van der Waals surface area contributed by atoms with Gasteiger partial charge in [-0.3, -0.25) is 4.79 Å². The lowest BCUT2D eigenvalue weighted by molar-refractivity contribution is 0.0958. The predicted molar refractivity (Wildman–Crippen MR) is 106 cm³/mol. The molecule has 3 rings (SSSR count). The van der Waals surface area contributed by atoms with E-state index in [1.165, 1.54) is 16.9 Å². The van der Waals surface area contributed by atoms with Crippen LogP contribution in [-0.4, -0.2) is 24.5 Å². The predicted octanol–water partition coefficient (Wildman–Crippen LogP) is 4.41. The van der Waals surface area contributed by atoms with Crippen molar-refractivity contribution in [3.05, 3.63) is 69.5 Å². The molecule has 26 heavy (non-hydrogen) atoms. The number of nitrogens with zero attached hydrogens (tertiary/aromatic N) is 1. The van der Waals surface area contributed by atoms with Crippen molar-refractivity contribution in [2.45, 2.75) is 20.3 Å². The minimum atomic E-state index is -0.0823. The van der Waals surface area contributed by atoms with Crippen LogP contribution in [0, 0.1) is 13.8 Å². The van der Waals surface area contributed by atoms with Crippen LogP contribution in [-0.2, 0) is 6.42 Å². The summed E-state index contributed by atoms with van der Waals surface area (Å²) < 4.78 is 5.40. The molecule has 0 spiro atoms. The minimum absolute atomic E-state index is 0.0823. The summed E-state index contributed by atoms with van der Waals surface area (Å²) in [4.78, 5) is 17.9. The van der Waals surface area contributed by atoms with E-state index < -0.39 is 0 Å². The Bertz CT molecular complexity index is 904. The lowest BCUT2D eigenvalue weighted by atomic mass is 10.1. The largest absolute Gasteiger partial charge is 0.496 e. The van der Waals surface area contributed by atoms with Crippen molar-refractivity contribution in [1.82, 2.24) is 10.3 Å². The molecule has 1 heterocycles. The first-order valence-electron chi connectivity index (χ1n) is 8.53. The number of nitrogens with one attached hydrogen (secondary N) is 1. The number of hydrogen-bond acceptors (Lipinski definition) is 4. The summed E-state index contributed by atoms with van der Waals surface area (Å²) >= 11 is 1.43. The van der Waals surface area contributed by atoms with Gasteiger partial charge in [-0.15, -0.1) is 11.3 Å². The summed E-state index contributed by atoms with van der Waals surface area (Å²) in [5, 5.41) is 3.90. The average Bonchev–Trinajstić information content (AvgIpc) is 3.04. The lowest BCUT2D eigenvalue weighted by Gasteiger charge is -2.10. The van der Waals surface area contributed by atoms with Crippen LogP contribution in [0.2, 0.25) is 0 Å². The molecule has 0 aliphatic heterocycles. The maximum Gasteiger partial charge on any atom is 0.263 e. The van der Waals surface area contributed by atoms with Crippen LogP contribution in [0.3, 0.4) is 0 Å². The van der Waals surface area contributed by atoms with Gasteiger partial charge in [-0.1, -0.05) is 48.0 Å². The van der Waals surface area contributed by atoms with Crippen molar-refractivity contribution in [1.29, 1.82) is 0 Å². The fraction of sp³-hybridized carbons (Fsp3) is 0.238. The van der Waals surface area contributed by atoms with Gasteiger partial charge in [0.15, 0.2) is 0 Å². The molecule has 0 atom stereocenters. The molecule has 134 valence electrons. The fourth-order valence-electron chi connectivity index (χ4n) is 2.87. The molecule has 5 heteroatoms. The third kappa shape index (κ3) is 4.11. The first-order chi connectivity index (χ1) is 12.6. The summed E-state index contributed by atoms with van der Waals surface area (Å²) in [6, 6.07) is 15.9. The normalized spacial score (nSPS) is 10.6. The van der Waals surface area contributed by atoms with Gasteiger partial charge in [0.05, 0.1) is 17.8 Å². The molecule has 0 radical (unpaired) electrons. The standard InChI is InChI=1S/C21H22N2O2S/c1-14-9-10-18(25-3)17(13-14)11-12-22-21(24)20-19(23-15(2)26-20)16-7-5-4-6-8-16/h4-10,13H,11-12H2,1-3H3,(H,22,24). The van der Waals surface area contributed by atoms with E-state index in [2.05, 4.69) is 16.4 Å². The van der Waals surface area contributed by atoms with Gasteiger partial charge >= 0.3 is 0 Å². The molecule has 0 saturated carbocycles. The molecule has 0 aliphatic rings. The summed E-state index contributed by atoms with van der Waals surface area (Å²) in [5.74, 6) is 0.768. The average molecular weight is 366 g/mol. The van der Waals surface area contributed by atoms with E-state index >= 15 is 0 Å². The molecule has 0 bridgehead atoms. The molecule has 3 aromatic rings. The SMILES string of the molecule is COc1ccc(C)cc1CCNC(=O)c1sc(C)nc1-c1ccccc1. The van der Waals surface area contributed by atoms with Crippen molar-refractivity contribution in [2.24, 2.45) is 0 Å². The van der Waals surface area contributed by atoms with E-state index in [-0.39, 0.29) is 5.91 Å². The zero-order chi connectivity index (χ0) is 18.5. The van der Waals surface area contributed by atoms with Crippen LogP contribution >= 0.6 is 11.3 Å². The minimum Gasteiger partial charge on any atom is -0.496 e. The van der Waals surface area contributed by atoms with Gasteiger partial charge in [-0.05, 0) is 31.9 Å². The summed E-state index contributed by atoms with van der Waals surface area (Å²) in [5.41, 5.74) is 3.98. The van der Waals surface area contributed by atoms with Crippen LogP contribution in [0.25, 0.3) is 11.3 Å². The van der Waals surface area contributed by atoms with E-state index in [1.54, 1.807) is 7.11 Å². The van der Waals surface area contributed by atoms with Crippen LogP contribution in [0.5, 0.6) is 5.75 Å². The number of hydrogen-bond donors (Lipinski definition) is 1. The van der Waals surface area contributed by atoms with Crippen molar-refractivity contribution >= 4 is 17.2 Å². The third-order valence-electron chi connectivity index (χ3n) is 4.10. The van der Waals surface area contributed by atoms with Gasteiger partial charge in [0, 0.05) is 12.1 Å². The van der Waals surface area contributed by atoms with Crippen LogP contribution in [0.1, 0.15) is 25.8 Å². The second kappa shape index (κ2) is 8.15. The molecule has 0 aliphatic carbocycles. The summed E-state index contributed by atoms with van der Waals surface area (Å²) in [6.07, 6.45) is 0.717. The molecule has 1 aromatic heterocycles. The monoisotopic (exact) mass is 366 g/mol. The quantitative estimate of drug-likeness (QED) is 0.703. The van der Waals surface area contributed by atoms with E-state index in [4.69, 9.17) is 4.74 Å². The topological polar surface area (TPSA) is 51.2 Å². The highest BCUT2D eigenvalue weighted by Gasteiger charge is 2.18. The Labute approximate surface area is 157 Å². The number of rotatable bonds is 6. The number of ether oxygens (including phenoxy) is 1. The maximum atomic E-state index is 12.7. The molecule has 1 amide bonds. The Morgan fingerprint density at radius 1 is 1.15 bits per heavy atom. The van der Waals surface area contributed by atoms with E-state index in [0.717, 1.165) is 34.0 Å². The first kappa shape index (κ1) is 18.1. The molecular weight excluding hydrogens is 344 g/mol. The number of aromatic nitrogens is 1. The van der Waals surface area contributed by atoms with Gasteiger partial charge in [-0.2, -0.15) is 0 Å². The number of methoxy groups -OCH3 is 1. The number of amides is 1. The number of carbonyl (C=O) groups is 1. The van der Waals surface area contributed by atoms with Crippen molar-refractivity contribution in [2.75, 3.05) is 13.7 Å². The molecule has 0 unspecified atom stereocenters. The fourth-order valence-corrected chi connectivity index (χ4v) is 3.72. The van der Waals surface area contributed by atoms with Gasteiger partial charge < -0.3 is 10.1 Å². The van der Waals surface area contributed by atoms with Crippen LogP contribution < -0.4 is 10.1 Å². The van der Waals surface area contributed by atoms with Gasteiger partial charge in [-0.25, -0.2) is 4.98 Å². The summed E-state index contributed by atoms with van der Waals surface area (Å²) in [6.45, 7) is 4.52. The highest BCUT2D eigenvalue weighted by molar-refractivity contribution is 7.14. The van der Waals surface area contributed by atoms with E-state index in [0.29, 0.717) is 11.4 Å². The number of thiazole rings is 1. The van der Waals surface area contributed by atoms with E-state index in [9.17, 15) is 4.79 Å². The number of aryl methyl sites for hydroxylation is 2. The smallest absolute Gasteiger partial charge is 0.263 e. The lowest BCUT2D eigenvalue weighted by Crippen LogP contribution is -2.25. The van der Waals surface area contributed by atoms with Crippen molar-refractivity contribution < 1.29 is 9.53 Å². The second-order valence-corrected chi connectivity index (χ2v) is 7.30. The van der Waals surface area contributed by atoms with Gasteiger partial charge in [0.2, 0.25) is 0 Å². The van der Waals surface area contributed by atoms with Gasteiger partial charge in [0.1, 0.15) is 10.6 Å². The Morgan fingerprint density at radius 2 is 1.92 bits per heavy atom. The Morgan fingerprint density at radius 3 is 2.65 bits per heavy atom. The molecule has 0 saturated heterocycles. The summed E-state index contributed by atoms with van der Waals surface area (Å²) in [7, 11) is 1.67. The third-order valence-corrected chi connectivity index (χ3v) is 5.07. The zero-order valence-electron chi connectivity index (χ0n) is 15.2. The maximum absolute atomic E-state index is 12.7. The highest BCUT2D eigenvalue weighted by atomic mass is 32.1. The van der Waals surface area contributed by atoms with Crippen LogP contribution in [0.15, 0.2) is 48.5 Å². The van der Waals surface area contributed by atoms with Gasteiger partial charge in [0.25, 0.3) is 5.91 Å². The van der Waals surface area contributed by atoms with Crippen LogP contribution in [0.4, 0.5) is 0 Å². The molecular formula is C21H22N2O2S. The number of carbonyl (C=O) groups excluding carboxylic acids is 1. The molecule has 0 fully saturated rings. The Balaban J connectivity index is 1.71. The second-order valence-electron chi connectivity index (χ2n) is 6.10. The molecule has 4 nitrogen and oxygen atoms in total.